The van der Waals surface area contributed by atoms with E-state index in [0.29, 0.717) is 0 Å². The van der Waals surface area contributed by atoms with Crippen molar-refractivity contribution in [1.82, 2.24) is 15.2 Å². The largest absolute Gasteiger partial charge is 0.480 e. The topological polar surface area (TPSA) is 85.4 Å². The van der Waals surface area contributed by atoms with E-state index in [2.05, 4.69) is 27.3 Å². The monoisotopic (exact) mass is 315 g/mol. The molecule has 0 radical (unpaired) electrons. The number of likely N-dealkylation sites (tertiary alicyclic amines) is 1. The highest BCUT2D eigenvalue weighted by Gasteiger charge is 2.26. The fourth-order valence-electron chi connectivity index (χ4n) is 3.22. The number of fused-ring (bicyclic) bond motifs is 1. The molecule has 1 atom stereocenters. The Morgan fingerprint density at radius 2 is 2.13 bits per heavy atom. The summed E-state index contributed by atoms with van der Waals surface area (Å²) in [6.07, 6.45) is 3.19. The number of nitrogens with one attached hydrogen (secondary N) is 2. The van der Waals surface area contributed by atoms with Gasteiger partial charge in [-0.1, -0.05) is 24.6 Å². The summed E-state index contributed by atoms with van der Waals surface area (Å²) in [5.41, 5.74) is 2.22. The van der Waals surface area contributed by atoms with Gasteiger partial charge in [0.2, 0.25) is 5.91 Å². The third-order valence-corrected chi connectivity index (χ3v) is 4.31. The number of amides is 1. The number of hydrogen-bond donors (Lipinski definition) is 3. The predicted molar refractivity (Wildman–Crippen MR) is 87.1 cm³/mol. The minimum absolute atomic E-state index is 0.173. The molecule has 6 nitrogen and oxygen atoms in total. The number of aromatic nitrogens is 1. The van der Waals surface area contributed by atoms with E-state index in [4.69, 9.17) is 5.11 Å². The molecule has 1 aliphatic heterocycles. The van der Waals surface area contributed by atoms with Crippen molar-refractivity contribution in [3.8, 4) is 0 Å². The second-order valence-corrected chi connectivity index (χ2v) is 5.96. The molecule has 3 N–H and O–H groups in total. The predicted octanol–water partition coefficient (Wildman–Crippen LogP) is 1.90. The van der Waals surface area contributed by atoms with Crippen LogP contribution in [0.15, 0.2) is 30.3 Å². The number of carboxylic acid groups (broad SMARTS) is 1. The van der Waals surface area contributed by atoms with Gasteiger partial charge in [-0.05, 0) is 36.9 Å². The molecule has 2 aromatic rings. The maximum absolute atomic E-state index is 11.9. The van der Waals surface area contributed by atoms with E-state index in [1.807, 2.05) is 18.2 Å². The van der Waals surface area contributed by atoms with Crippen molar-refractivity contribution in [3.63, 3.8) is 0 Å². The first-order valence-electron chi connectivity index (χ1n) is 7.93. The van der Waals surface area contributed by atoms with E-state index in [1.54, 1.807) is 0 Å². The molecule has 2 heterocycles. The fourth-order valence-corrected chi connectivity index (χ4v) is 3.22. The zero-order valence-electron chi connectivity index (χ0n) is 12.9. The molecule has 1 aromatic carbocycles. The molecule has 1 fully saturated rings. The van der Waals surface area contributed by atoms with Crippen LogP contribution in [0.4, 0.5) is 0 Å². The summed E-state index contributed by atoms with van der Waals surface area (Å²) in [7, 11) is 0. The molecule has 1 aromatic heterocycles. The molecule has 1 amide bonds. The van der Waals surface area contributed by atoms with E-state index < -0.39 is 5.97 Å². The third kappa shape index (κ3) is 3.71. The van der Waals surface area contributed by atoms with Gasteiger partial charge >= 0.3 is 5.97 Å². The fraction of sp³-hybridized carbons (Fsp3) is 0.412. The number of carboxylic acids is 1. The van der Waals surface area contributed by atoms with Gasteiger partial charge in [0, 0.05) is 11.2 Å². The summed E-state index contributed by atoms with van der Waals surface area (Å²) in [5.74, 6) is -1.26. The van der Waals surface area contributed by atoms with Crippen molar-refractivity contribution in [2.75, 3.05) is 19.6 Å². The first kappa shape index (κ1) is 15.6. The van der Waals surface area contributed by atoms with Gasteiger partial charge in [0.1, 0.15) is 6.54 Å². The number of carbonyl (C=O) groups is 2. The SMILES string of the molecule is O=C(O)CNC(=O)CN1CCCCC1c1cc2ccccc2[nH]1. The number of hydrogen-bond acceptors (Lipinski definition) is 3. The number of nitrogens with zero attached hydrogens (tertiary/aromatic N) is 1. The number of benzene rings is 1. The first-order valence-corrected chi connectivity index (χ1v) is 7.93. The summed E-state index contributed by atoms with van der Waals surface area (Å²) in [6.45, 7) is 0.748. The van der Waals surface area contributed by atoms with Gasteiger partial charge in [0.25, 0.3) is 0 Å². The number of para-hydroxylation sites is 1. The highest BCUT2D eigenvalue weighted by molar-refractivity contribution is 5.83. The summed E-state index contributed by atoms with van der Waals surface area (Å²) < 4.78 is 0. The highest BCUT2D eigenvalue weighted by Crippen LogP contribution is 2.31. The van der Waals surface area contributed by atoms with Gasteiger partial charge in [-0.2, -0.15) is 0 Å². The molecule has 0 spiro atoms. The summed E-state index contributed by atoms with van der Waals surface area (Å²) in [6, 6.07) is 10.5. The summed E-state index contributed by atoms with van der Waals surface area (Å²) in [5, 5.41) is 12.3. The smallest absolute Gasteiger partial charge is 0.322 e. The number of carbonyl (C=O) groups excluding carboxylic acids is 1. The molecule has 1 saturated heterocycles. The van der Waals surface area contributed by atoms with Gasteiger partial charge in [-0.25, -0.2) is 0 Å². The lowest BCUT2D eigenvalue weighted by Gasteiger charge is -2.34. The molecule has 0 aliphatic carbocycles. The van der Waals surface area contributed by atoms with Crippen molar-refractivity contribution in [1.29, 1.82) is 0 Å². The Morgan fingerprint density at radius 1 is 1.30 bits per heavy atom. The lowest BCUT2D eigenvalue weighted by molar-refractivity contribution is -0.138. The zero-order valence-corrected chi connectivity index (χ0v) is 12.9. The lowest BCUT2D eigenvalue weighted by atomic mass is 9.99. The van der Waals surface area contributed by atoms with E-state index in [9.17, 15) is 9.59 Å². The van der Waals surface area contributed by atoms with Gasteiger partial charge < -0.3 is 15.4 Å². The van der Waals surface area contributed by atoms with Gasteiger partial charge in [-0.3, -0.25) is 14.5 Å². The van der Waals surface area contributed by atoms with E-state index in [0.717, 1.165) is 37.0 Å². The standard InChI is InChI=1S/C17H21N3O3/c21-16(18-10-17(22)23)11-20-8-4-3-7-15(20)14-9-12-5-1-2-6-13(12)19-14/h1-2,5-6,9,15,19H,3-4,7-8,10-11H2,(H,18,21)(H,22,23). The molecule has 122 valence electrons. The highest BCUT2D eigenvalue weighted by atomic mass is 16.4. The number of rotatable bonds is 5. The molecule has 1 unspecified atom stereocenters. The van der Waals surface area contributed by atoms with Crippen molar-refractivity contribution in [2.24, 2.45) is 0 Å². The minimum Gasteiger partial charge on any atom is -0.480 e. The number of piperidine rings is 1. The van der Waals surface area contributed by atoms with Crippen molar-refractivity contribution >= 4 is 22.8 Å². The Balaban J connectivity index is 1.73. The van der Waals surface area contributed by atoms with Crippen LogP contribution in [0.25, 0.3) is 10.9 Å². The molecule has 3 rings (SSSR count). The third-order valence-electron chi connectivity index (χ3n) is 4.31. The molecule has 0 saturated carbocycles. The van der Waals surface area contributed by atoms with E-state index in [1.165, 1.54) is 5.39 Å². The van der Waals surface area contributed by atoms with Crippen molar-refractivity contribution in [3.05, 3.63) is 36.0 Å². The van der Waals surface area contributed by atoms with Gasteiger partial charge in [0.05, 0.1) is 12.6 Å². The first-order chi connectivity index (χ1) is 11.1. The Hall–Kier alpha value is -2.34. The van der Waals surface area contributed by atoms with Crippen LogP contribution in [0.1, 0.15) is 31.0 Å². The second kappa shape index (κ2) is 6.83. The molecule has 23 heavy (non-hydrogen) atoms. The summed E-state index contributed by atoms with van der Waals surface area (Å²) >= 11 is 0. The Morgan fingerprint density at radius 3 is 2.91 bits per heavy atom. The quantitative estimate of drug-likeness (QED) is 0.786. The minimum atomic E-state index is -1.02. The number of H-pyrrole nitrogens is 1. The van der Waals surface area contributed by atoms with Crippen LogP contribution in [0.5, 0.6) is 0 Å². The molecular formula is C17H21N3O3. The Labute approximate surface area is 134 Å². The average molecular weight is 315 g/mol. The molecule has 1 aliphatic rings. The second-order valence-electron chi connectivity index (χ2n) is 5.96. The maximum atomic E-state index is 11.9. The van der Waals surface area contributed by atoms with E-state index in [-0.39, 0.29) is 25.0 Å². The number of aliphatic carboxylic acids is 1. The van der Waals surface area contributed by atoms with Gasteiger partial charge in [-0.15, -0.1) is 0 Å². The Bertz CT molecular complexity index is 677. The lowest BCUT2D eigenvalue weighted by Crippen LogP contribution is -2.42. The number of aromatic amines is 1. The zero-order chi connectivity index (χ0) is 16.2. The average Bonchev–Trinajstić information content (AvgIpc) is 2.97. The maximum Gasteiger partial charge on any atom is 0.322 e. The normalized spacial score (nSPS) is 18.9. The van der Waals surface area contributed by atoms with E-state index >= 15 is 0 Å². The van der Waals surface area contributed by atoms with Crippen LogP contribution in [-0.2, 0) is 9.59 Å². The van der Waals surface area contributed by atoms with Crippen LogP contribution >= 0.6 is 0 Å². The van der Waals surface area contributed by atoms with Crippen LogP contribution in [0.3, 0.4) is 0 Å². The van der Waals surface area contributed by atoms with Crippen LogP contribution < -0.4 is 5.32 Å². The van der Waals surface area contributed by atoms with Gasteiger partial charge in [0.15, 0.2) is 0 Å². The molecule has 0 bridgehead atoms. The molecular weight excluding hydrogens is 294 g/mol. The van der Waals surface area contributed by atoms with Crippen molar-refractivity contribution < 1.29 is 14.7 Å². The van der Waals surface area contributed by atoms with Crippen LogP contribution in [-0.4, -0.2) is 46.5 Å². The van der Waals surface area contributed by atoms with Crippen LogP contribution in [0, 0.1) is 0 Å². The van der Waals surface area contributed by atoms with Crippen molar-refractivity contribution in [2.45, 2.75) is 25.3 Å². The summed E-state index contributed by atoms with van der Waals surface area (Å²) in [4.78, 5) is 28.1. The van der Waals surface area contributed by atoms with Crippen LogP contribution in [0.2, 0.25) is 0 Å². The molecule has 6 heteroatoms. The Kier molecular flexibility index (Phi) is 4.62.